The van der Waals surface area contributed by atoms with E-state index in [0.717, 1.165) is 12.5 Å². The van der Waals surface area contributed by atoms with Gasteiger partial charge in [-0.3, -0.25) is 0 Å². The van der Waals surface area contributed by atoms with Gasteiger partial charge in [-0.25, -0.2) is 0 Å². The van der Waals surface area contributed by atoms with E-state index in [2.05, 4.69) is 43.4 Å². The van der Waals surface area contributed by atoms with Crippen LogP contribution in [0.1, 0.15) is 36.9 Å². The van der Waals surface area contributed by atoms with Gasteiger partial charge in [-0.05, 0) is 45.2 Å². The zero-order valence-electron chi connectivity index (χ0n) is 11.1. The molecule has 2 nitrogen and oxygen atoms in total. The first kappa shape index (κ1) is 12.6. The molecule has 2 atom stereocenters. The number of rotatable bonds is 6. The predicted molar refractivity (Wildman–Crippen MR) is 71.1 cm³/mol. The van der Waals surface area contributed by atoms with Crippen molar-refractivity contribution < 1.29 is 4.74 Å². The van der Waals surface area contributed by atoms with E-state index in [0.29, 0.717) is 0 Å². The zero-order chi connectivity index (χ0) is 12.3. The molecule has 0 aliphatic heterocycles. The molecule has 2 rings (SSSR count). The van der Waals surface area contributed by atoms with E-state index in [1.165, 1.54) is 24.0 Å². The quantitative estimate of drug-likeness (QED) is 0.815. The van der Waals surface area contributed by atoms with Crippen molar-refractivity contribution in [2.24, 2.45) is 5.92 Å². The standard InChI is InChI=1S/C15H23NO/c1-11-4-8-14(9-5-11)15(16-3)12(2)17-10-13-6-7-13/h4-5,8-9,12-13,15-16H,6-7,10H2,1-3H3. The topological polar surface area (TPSA) is 21.3 Å². The van der Waals surface area contributed by atoms with Gasteiger partial charge in [0.2, 0.25) is 0 Å². The number of aryl methyl sites for hydroxylation is 1. The van der Waals surface area contributed by atoms with E-state index >= 15 is 0 Å². The van der Waals surface area contributed by atoms with Gasteiger partial charge in [0.15, 0.2) is 0 Å². The summed E-state index contributed by atoms with van der Waals surface area (Å²) in [6, 6.07) is 8.98. The maximum Gasteiger partial charge on any atom is 0.0741 e. The summed E-state index contributed by atoms with van der Waals surface area (Å²) in [4.78, 5) is 0. The summed E-state index contributed by atoms with van der Waals surface area (Å²) < 4.78 is 5.94. The Labute approximate surface area is 104 Å². The van der Waals surface area contributed by atoms with Gasteiger partial charge in [-0.2, -0.15) is 0 Å². The maximum atomic E-state index is 5.94. The van der Waals surface area contributed by atoms with Crippen LogP contribution in [-0.4, -0.2) is 19.8 Å². The number of likely N-dealkylation sites (N-methyl/N-ethyl adjacent to an activating group) is 1. The van der Waals surface area contributed by atoms with Crippen LogP contribution in [0.5, 0.6) is 0 Å². The van der Waals surface area contributed by atoms with Gasteiger partial charge < -0.3 is 10.1 Å². The molecule has 2 heteroatoms. The Morgan fingerprint density at radius 3 is 2.47 bits per heavy atom. The number of nitrogens with one attached hydrogen (secondary N) is 1. The van der Waals surface area contributed by atoms with Gasteiger partial charge in [-0.1, -0.05) is 29.8 Å². The molecule has 0 radical (unpaired) electrons. The van der Waals surface area contributed by atoms with E-state index in [-0.39, 0.29) is 12.1 Å². The van der Waals surface area contributed by atoms with Crippen molar-refractivity contribution in [3.05, 3.63) is 35.4 Å². The molecule has 1 aliphatic carbocycles. The van der Waals surface area contributed by atoms with Crippen LogP contribution in [0.3, 0.4) is 0 Å². The predicted octanol–water partition coefficient (Wildman–Crippen LogP) is 3.07. The van der Waals surface area contributed by atoms with Crippen LogP contribution in [0.15, 0.2) is 24.3 Å². The van der Waals surface area contributed by atoms with Gasteiger partial charge in [0.1, 0.15) is 0 Å². The Bertz CT molecular complexity index is 342. The second kappa shape index (κ2) is 5.65. The highest BCUT2D eigenvalue weighted by molar-refractivity contribution is 5.24. The molecule has 17 heavy (non-hydrogen) atoms. The molecular formula is C15H23NO. The lowest BCUT2D eigenvalue weighted by molar-refractivity contribution is 0.0337. The molecule has 0 heterocycles. The van der Waals surface area contributed by atoms with E-state index in [1.54, 1.807) is 0 Å². The molecule has 1 aromatic rings. The van der Waals surface area contributed by atoms with Crippen molar-refractivity contribution in [2.75, 3.05) is 13.7 Å². The molecule has 1 saturated carbocycles. The maximum absolute atomic E-state index is 5.94. The molecule has 94 valence electrons. The largest absolute Gasteiger partial charge is 0.376 e. The third-order valence-electron chi connectivity index (χ3n) is 3.51. The fourth-order valence-corrected chi connectivity index (χ4v) is 2.11. The van der Waals surface area contributed by atoms with Crippen molar-refractivity contribution >= 4 is 0 Å². The lowest BCUT2D eigenvalue weighted by atomic mass is 10.0. The molecule has 0 bridgehead atoms. The molecule has 0 saturated heterocycles. The number of ether oxygens (including phenoxy) is 1. The summed E-state index contributed by atoms with van der Waals surface area (Å²) in [7, 11) is 2.00. The molecule has 0 amide bonds. The zero-order valence-corrected chi connectivity index (χ0v) is 11.1. The fraction of sp³-hybridized carbons (Fsp3) is 0.600. The molecule has 1 fully saturated rings. The summed E-state index contributed by atoms with van der Waals surface area (Å²) in [5, 5.41) is 3.36. The van der Waals surface area contributed by atoms with Crippen LogP contribution >= 0.6 is 0 Å². The monoisotopic (exact) mass is 233 g/mol. The smallest absolute Gasteiger partial charge is 0.0741 e. The Hall–Kier alpha value is -0.860. The van der Waals surface area contributed by atoms with E-state index < -0.39 is 0 Å². The fourth-order valence-electron chi connectivity index (χ4n) is 2.11. The summed E-state index contributed by atoms with van der Waals surface area (Å²) in [6.07, 6.45) is 2.92. The number of benzene rings is 1. The van der Waals surface area contributed by atoms with Gasteiger partial charge >= 0.3 is 0 Å². The van der Waals surface area contributed by atoms with Crippen molar-refractivity contribution in [1.82, 2.24) is 5.32 Å². The van der Waals surface area contributed by atoms with Crippen LogP contribution < -0.4 is 5.32 Å². The van der Waals surface area contributed by atoms with Crippen LogP contribution in [-0.2, 0) is 4.74 Å². The molecular weight excluding hydrogens is 210 g/mol. The lowest BCUT2D eigenvalue weighted by Crippen LogP contribution is -2.30. The second-order valence-corrected chi connectivity index (χ2v) is 5.16. The summed E-state index contributed by atoms with van der Waals surface area (Å²) in [5.74, 6) is 0.827. The first-order chi connectivity index (χ1) is 8.20. The number of hydrogen-bond donors (Lipinski definition) is 1. The van der Waals surface area contributed by atoms with Crippen molar-refractivity contribution in [3.8, 4) is 0 Å². The minimum atomic E-state index is 0.225. The Morgan fingerprint density at radius 1 is 1.29 bits per heavy atom. The second-order valence-electron chi connectivity index (χ2n) is 5.16. The lowest BCUT2D eigenvalue weighted by Gasteiger charge is -2.24. The average molecular weight is 233 g/mol. The van der Waals surface area contributed by atoms with Gasteiger partial charge in [0.25, 0.3) is 0 Å². The van der Waals surface area contributed by atoms with Crippen LogP contribution in [0.25, 0.3) is 0 Å². The third-order valence-corrected chi connectivity index (χ3v) is 3.51. The van der Waals surface area contributed by atoms with Gasteiger partial charge in [-0.15, -0.1) is 0 Å². The SMILES string of the molecule is CNC(c1ccc(C)cc1)C(C)OCC1CC1. The van der Waals surface area contributed by atoms with Crippen LogP contribution in [0.2, 0.25) is 0 Å². The normalized spacial score (nSPS) is 19.0. The molecule has 0 aromatic heterocycles. The molecule has 1 aromatic carbocycles. The Kier molecular flexibility index (Phi) is 4.19. The number of hydrogen-bond acceptors (Lipinski definition) is 2. The minimum Gasteiger partial charge on any atom is -0.376 e. The highest BCUT2D eigenvalue weighted by atomic mass is 16.5. The summed E-state index contributed by atoms with van der Waals surface area (Å²) in [5.41, 5.74) is 2.61. The first-order valence-corrected chi connectivity index (χ1v) is 6.56. The summed E-state index contributed by atoms with van der Waals surface area (Å²) in [6.45, 7) is 5.19. The van der Waals surface area contributed by atoms with E-state index in [4.69, 9.17) is 4.74 Å². The van der Waals surface area contributed by atoms with Crippen molar-refractivity contribution in [1.29, 1.82) is 0 Å². The van der Waals surface area contributed by atoms with E-state index in [1.807, 2.05) is 7.05 Å². The molecule has 2 unspecified atom stereocenters. The Balaban J connectivity index is 1.95. The first-order valence-electron chi connectivity index (χ1n) is 6.56. The van der Waals surface area contributed by atoms with Crippen molar-refractivity contribution in [3.63, 3.8) is 0 Å². The highest BCUT2D eigenvalue weighted by Crippen LogP contribution is 2.30. The van der Waals surface area contributed by atoms with Crippen LogP contribution in [0.4, 0.5) is 0 Å². The van der Waals surface area contributed by atoms with Crippen LogP contribution in [0, 0.1) is 12.8 Å². The third kappa shape index (κ3) is 3.55. The summed E-state index contributed by atoms with van der Waals surface area (Å²) >= 11 is 0. The Morgan fingerprint density at radius 2 is 1.94 bits per heavy atom. The van der Waals surface area contributed by atoms with Crippen molar-refractivity contribution in [2.45, 2.75) is 38.8 Å². The molecule has 1 aliphatic rings. The highest BCUT2D eigenvalue weighted by Gasteiger charge is 2.24. The van der Waals surface area contributed by atoms with E-state index in [9.17, 15) is 0 Å². The van der Waals surface area contributed by atoms with Gasteiger partial charge in [0.05, 0.1) is 12.1 Å². The average Bonchev–Trinajstić information content (AvgIpc) is 3.14. The molecule has 1 N–H and O–H groups in total. The van der Waals surface area contributed by atoms with Gasteiger partial charge in [0, 0.05) is 6.61 Å². The molecule has 0 spiro atoms. The minimum absolute atomic E-state index is 0.225.